The summed E-state index contributed by atoms with van der Waals surface area (Å²) in [4.78, 5) is 14.4. The zero-order valence-electron chi connectivity index (χ0n) is 10.1. The Morgan fingerprint density at radius 2 is 2.11 bits per heavy atom. The van der Waals surface area contributed by atoms with E-state index in [0.717, 1.165) is 12.3 Å². The second-order valence-corrected chi connectivity index (χ2v) is 3.87. The molecule has 1 rings (SSSR count). The van der Waals surface area contributed by atoms with Gasteiger partial charge in [-0.3, -0.25) is 4.98 Å². The van der Waals surface area contributed by atoms with Crippen LogP contribution in [0.25, 0.3) is 0 Å². The minimum Gasteiger partial charge on any atom is -0.492 e. The minimum atomic E-state index is -5.15. The van der Waals surface area contributed by atoms with E-state index in [2.05, 4.69) is 4.98 Å². The lowest BCUT2D eigenvalue weighted by molar-refractivity contribution is -0.204. The number of carboxylic acids is 1. The molecule has 0 bridgehead atoms. The number of carboxylic acid groups (broad SMARTS) is 1. The SMILES string of the molecule is CCCOc1cncc(C(N)(C(=O)O)C(F)(F)F)c1. The summed E-state index contributed by atoms with van der Waals surface area (Å²) in [7, 11) is 0. The molecule has 1 aromatic rings. The summed E-state index contributed by atoms with van der Waals surface area (Å²) in [5, 5.41) is 8.77. The molecule has 0 amide bonds. The third-order valence-electron chi connectivity index (χ3n) is 2.43. The van der Waals surface area contributed by atoms with Crippen LogP contribution in [0, 0.1) is 0 Å². The maximum Gasteiger partial charge on any atom is 0.421 e. The third-order valence-corrected chi connectivity index (χ3v) is 2.43. The molecular weight excluding hydrogens is 265 g/mol. The third kappa shape index (κ3) is 2.95. The normalized spacial score (nSPS) is 14.8. The molecular formula is C11H13F3N2O3. The molecule has 0 aliphatic heterocycles. The van der Waals surface area contributed by atoms with E-state index >= 15 is 0 Å². The molecule has 19 heavy (non-hydrogen) atoms. The van der Waals surface area contributed by atoms with Crippen LogP contribution in [0.4, 0.5) is 13.2 Å². The fourth-order valence-electron chi connectivity index (χ4n) is 1.34. The minimum absolute atomic E-state index is 0.0414. The van der Waals surface area contributed by atoms with Crippen LogP contribution in [0.5, 0.6) is 5.75 Å². The van der Waals surface area contributed by atoms with Crippen molar-refractivity contribution in [2.45, 2.75) is 25.1 Å². The van der Waals surface area contributed by atoms with Crippen molar-refractivity contribution >= 4 is 5.97 Å². The van der Waals surface area contributed by atoms with Crippen molar-refractivity contribution in [2.75, 3.05) is 6.61 Å². The lowest BCUT2D eigenvalue weighted by Crippen LogP contribution is -2.56. The number of nitrogens with two attached hydrogens (primary N) is 1. The van der Waals surface area contributed by atoms with Crippen LogP contribution < -0.4 is 10.5 Å². The smallest absolute Gasteiger partial charge is 0.421 e. The Balaban J connectivity index is 3.21. The van der Waals surface area contributed by atoms with E-state index in [0.29, 0.717) is 6.42 Å². The Hall–Kier alpha value is -1.83. The molecule has 5 nitrogen and oxygen atoms in total. The molecule has 0 fully saturated rings. The number of aromatic nitrogens is 1. The summed E-state index contributed by atoms with van der Waals surface area (Å²) < 4.78 is 43.7. The summed E-state index contributed by atoms with van der Waals surface area (Å²) in [6.45, 7) is 2.10. The first-order valence-corrected chi connectivity index (χ1v) is 5.40. The van der Waals surface area contributed by atoms with Gasteiger partial charge in [0.15, 0.2) is 0 Å². The highest BCUT2D eigenvalue weighted by Crippen LogP contribution is 2.37. The molecule has 1 unspecified atom stereocenters. The second kappa shape index (κ2) is 5.43. The molecule has 0 aliphatic carbocycles. The van der Waals surface area contributed by atoms with Gasteiger partial charge < -0.3 is 15.6 Å². The van der Waals surface area contributed by atoms with E-state index in [1.807, 2.05) is 6.92 Å². The zero-order chi connectivity index (χ0) is 14.7. The van der Waals surface area contributed by atoms with Crippen LogP contribution in [0.2, 0.25) is 0 Å². The quantitative estimate of drug-likeness (QED) is 0.855. The molecule has 0 spiro atoms. The summed E-state index contributed by atoms with van der Waals surface area (Å²) in [6, 6.07) is 0.935. The van der Waals surface area contributed by atoms with Crippen molar-refractivity contribution < 1.29 is 27.8 Å². The van der Waals surface area contributed by atoms with Gasteiger partial charge in [0.25, 0.3) is 0 Å². The van der Waals surface area contributed by atoms with Crippen molar-refractivity contribution in [1.29, 1.82) is 0 Å². The molecule has 1 aromatic heterocycles. The first kappa shape index (κ1) is 15.2. The molecule has 106 valence electrons. The maximum absolute atomic E-state index is 12.9. The van der Waals surface area contributed by atoms with E-state index in [-0.39, 0.29) is 12.4 Å². The predicted molar refractivity (Wildman–Crippen MR) is 59.6 cm³/mol. The Labute approximate surface area is 107 Å². The van der Waals surface area contributed by atoms with Crippen molar-refractivity contribution in [1.82, 2.24) is 4.98 Å². The number of carbonyl (C=O) groups is 1. The number of alkyl halides is 3. The molecule has 1 atom stereocenters. The zero-order valence-corrected chi connectivity index (χ0v) is 10.1. The number of nitrogens with zero attached hydrogens (tertiary/aromatic N) is 1. The van der Waals surface area contributed by atoms with Gasteiger partial charge in [-0.2, -0.15) is 13.2 Å². The van der Waals surface area contributed by atoms with E-state index in [1.165, 1.54) is 6.20 Å². The average molecular weight is 278 g/mol. The van der Waals surface area contributed by atoms with Gasteiger partial charge in [0.2, 0.25) is 5.54 Å². The largest absolute Gasteiger partial charge is 0.492 e. The van der Waals surface area contributed by atoms with Gasteiger partial charge >= 0.3 is 12.1 Å². The van der Waals surface area contributed by atoms with Crippen LogP contribution in [-0.2, 0) is 10.3 Å². The highest BCUT2D eigenvalue weighted by molar-refractivity contribution is 5.81. The number of hydrogen-bond donors (Lipinski definition) is 2. The molecule has 8 heteroatoms. The van der Waals surface area contributed by atoms with Crippen LogP contribution in [0.3, 0.4) is 0 Å². The molecule has 3 N–H and O–H groups in total. The summed E-state index contributed by atoms with van der Waals surface area (Å²) >= 11 is 0. The van der Waals surface area contributed by atoms with E-state index in [1.54, 1.807) is 0 Å². The van der Waals surface area contributed by atoms with E-state index in [4.69, 9.17) is 15.6 Å². The Bertz CT molecular complexity index is 465. The molecule has 0 aromatic carbocycles. The average Bonchev–Trinajstić information content (AvgIpc) is 2.34. The standard InChI is InChI=1S/C11H13F3N2O3/c1-2-3-19-8-4-7(5-16-6-8)10(15,9(17)18)11(12,13)14/h4-6H,2-3,15H2,1H3,(H,17,18). The number of halogens is 3. The predicted octanol–water partition coefficient (Wildman–Crippen LogP) is 1.67. The number of hydrogen-bond acceptors (Lipinski definition) is 4. The van der Waals surface area contributed by atoms with Gasteiger partial charge in [0.05, 0.1) is 12.8 Å². The van der Waals surface area contributed by atoms with Crippen LogP contribution in [0.15, 0.2) is 18.5 Å². The summed E-state index contributed by atoms with van der Waals surface area (Å²) in [5.41, 5.74) is 0.829. The van der Waals surface area contributed by atoms with Gasteiger partial charge in [0, 0.05) is 11.8 Å². The first-order valence-electron chi connectivity index (χ1n) is 5.40. The van der Waals surface area contributed by atoms with Crippen LogP contribution in [-0.4, -0.2) is 28.8 Å². The molecule has 0 saturated heterocycles. The number of ether oxygens (including phenoxy) is 1. The monoisotopic (exact) mass is 278 g/mol. The van der Waals surface area contributed by atoms with Gasteiger partial charge in [0.1, 0.15) is 5.75 Å². The van der Waals surface area contributed by atoms with Gasteiger partial charge in [-0.05, 0) is 12.5 Å². The second-order valence-electron chi connectivity index (χ2n) is 3.87. The number of pyridine rings is 1. The highest BCUT2D eigenvalue weighted by Gasteiger charge is 2.59. The van der Waals surface area contributed by atoms with Gasteiger partial charge in [-0.25, -0.2) is 4.79 Å². The lowest BCUT2D eigenvalue weighted by atomic mass is 9.91. The van der Waals surface area contributed by atoms with E-state index < -0.39 is 23.2 Å². The first-order chi connectivity index (χ1) is 8.73. The molecule has 1 heterocycles. The summed E-state index contributed by atoms with van der Waals surface area (Å²) in [6.07, 6.45) is -2.54. The Morgan fingerprint density at radius 3 is 2.58 bits per heavy atom. The van der Waals surface area contributed by atoms with Crippen molar-refractivity contribution in [3.63, 3.8) is 0 Å². The number of aliphatic carboxylic acids is 1. The maximum atomic E-state index is 12.9. The van der Waals surface area contributed by atoms with Crippen molar-refractivity contribution in [3.05, 3.63) is 24.0 Å². The van der Waals surface area contributed by atoms with Gasteiger partial charge in [-0.15, -0.1) is 0 Å². The Morgan fingerprint density at radius 1 is 1.47 bits per heavy atom. The number of rotatable bonds is 5. The fourth-order valence-corrected chi connectivity index (χ4v) is 1.34. The molecule has 0 radical (unpaired) electrons. The van der Waals surface area contributed by atoms with Gasteiger partial charge in [-0.1, -0.05) is 6.92 Å². The van der Waals surface area contributed by atoms with Crippen LogP contribution in [0.1, 0.15) is 18.9 Å². The van der Waals surface area contributed by atoms with Crippen LogP contribution >= 0.6 is 0 Å². The Kier molecular flexibility index (Phi) is 4.35. The van der Waals surface area contributed by atoms with Crippen molar-refractivity contribution in [2.24, 2.45) is 5.73 Å². The fraction of sp³-hybridized carbons (Fsp3) is 0.455. The topological polar surface area (TPSA) is 85.4 Å². The van der Waals surface area contributed by atoms with Crippen molar-refractivity contribution in [3.8, 4) is 5.75 Å². The molecule has 0 saturated carbocycles. The summed E-state index contributed by atoms with van der Waals surface area (Å²) in [5.74, 6) is -2.16. The van der Waals surface area contributed by atoms with E-state index in [9.17, 15) is 18.0 Å². The molecule has 0 aliphatic rings. The highest BCUT2D eigenvalue weighted by atomic mass is 19.4. The lowest BCUT2D eigenvalue weighted by Gasteiger charge is -2.27.